The molecule has 1 N–H and O–H groups in total. The predicted octanol–water partition coefficient (Wildman–Crippen LogP) is 3.57. The molecule has 0 spiro atoms. The number of hydrogen-bond acceptors (Lipinski definition) is 7. The summed E-state index contributed by atoms with van der Waals surface area (Å²) in [6, 6.07) is 7.48. The molecule has 2 heterocycles. The first-order chi connectivity index (χ1) is 15.0. The van der Waals surface area contributed by atoms with Gasteiger partial charge in [0.1, 0.15) is 16.3 Å². The monoisotopic (exact) mass is 445 g/mol. The third-order valence-electron chi connectivity index (χ3n) is 5.49. The van der Waals surface area contributed by atoms with Gasteiger partial charge in [-0.05, 0) is 31.2 Å². The van der Waals surface area contributed by atoms with Crippen LogP contribution in [-0.4, -0.2) is 74.7 Å². The average molecular weight is 446 g/mol. The van der Waals surface area contributed by atoms with E-state index in [2.05, 4.69) is 22.0 Å². The molecule has 168 valence electrons. The van der Waals surface area contributed by atoms with Crippen LogP contribution in [0.25, 0.3) is 11.1 Å². The van der Waals surface area contributed by atoms with Crippen LogP contribution in [-0.2, 0) is 9.53 Å². The number of thiophene rings is 1. The smallest absolute Gasteiger partial charge is 0.341 e. The highest BCUT2D eigenvalue weighted by atomic mass is 32.1. The highest BCUT2D eigenvalue weighted by molar-refractivity contribution is 7.15. The van der Waals surface area contributed by atoms with Crippen molar-refractivity contribution in [3.63, 3.8) is 0 Å². The van der Waals surface area contributed by atoms with Gasteiger partial charge < -0.3 is 24.6 Å². The molecule has 31 heavy (non-hydrogen) atoms. The van der Waals surface area contributed by atoms with E-state index >= 15 is 0 Å². The maximum absolute atomic E-state index is 12.7. The van der Waals surface area contributed by atoms with Gasteiger partial charge in [0.05, 0.1) is 13.7 Å². The largest absolute Gasteiger partial charge is 0.497 e. The Balaban J connectivity index is 1.69. The number of nitrogens with one attached hydrogen (secondary N) is 1. The Bertz CT molecular complexity index is 873. The van der Waals surface area contributed by atoms with Crippen molar-refractivity contribution in [2.45, 2.75) is 20.3 Å². The molecule has 1 aromatic heterocycles. The van der Waals surface area contributed by atoms with Gasteiger partial charge in [-0.3, -0.25) is 4.79 Å². The summed E-state index contributed by atoms with van der Waals surface area (Å²) < 4.78 is 10.5. The first kappa shape index (κ1) is 23.2. The van der Waals surface area contributed by atoms with Crippen molar-refractivity contribution in [3.8, 4) is 16.9 Å². The summed E-state index contributed by atoms with van der Waals surface area (Å²) in [6.07, 6.45) is 0.393. The van der Waals surface area contributed by atoms with E-state index in [1.807, 2.05) is 29.6 Å². The Kier molecular flexibility index (Phi) is 8.45. The molecule has 3 rings (SSSR count). The molecule has 0 saturated carbocycles. The highest BCUT2D eigenvalue weighted by Crippen LogP contribution is 2.37. The van der Waals surface area contributed by atoms with E-state index in [1.165, 1.54) is 11.3 Å². The number of likely N-dealkylation sites (N-methyl/N-ethyl adjacent to an activating group) is 1. The second kappa shape index (κ2) is 11.3. The lowest BCUT2D eigenvalue weighted by Crippen LogP contribution is -2.46. The maximum Gasteiger partial charge on any atom is 0.341 e. The number of esters is 1. The van der Waals surface area contributed by atoms with Crippen LogP contribution in [0, 0.1) is 0 Å². The van der Waals surface area contributed by atoms with Crippen molar-refractivity contribution < 1.29 is 19.1 Å². The number of methoxy groups -OCH3 is 1. The Morgan fingerprint density at radius 2 is 1.74 bits per heavy atom. The second-order valence-electron chi connectivity index (χ2n) is 7.38. The number of benzene rings is 1. The lowest BCUT2D eigenvalue weighted by Gasteiger charge is -2.33. The molecule has 0 radical (unpaired) electrons. The minimum atomic E-state index is -0.430. The number of nitrogens with zero attached hydrogens (tertiary/aromatic N) is 2. The van der Waals surface area contributed by atoms with Gasteiger partial charge in [-0.15, -0.1) is 11.3 Å². The van der Waals surface area contributed by atoms with Crippen LogP contribution in [0.2, 0.25) is 0 Å². The number of hydrogen-bond donors (Lipinski definition) is 1. The van der Waals surface area contributed by atoms with E-state index in [0.717, 1.165) is 56.1 Å². The normalized spacial score (nSPS) is 14.9. The van der Waals surface area contributed by atoms with E-state index in [9.17, 15) is 9.59 Å². The van der Waals surface area contributed by atoms with E-state index in [-0.39, 0.29) is 12.5 Å². The van der Waals surface area contributed by atoms with E-state index in [0.29, 0.717) is 17.0 Å². The van der Waals surface area contributed by atoms with Crippen molar-refractivity contribution in [2.24, 2.45) is 0 Å². The number of ether oxygens (including phenoxy) is 2. The molecule has 1 saturated heterocycles. The lowest BCUT2D eigenvalue weighted by atomic mass is 10.0. The zero-order chi connectivity index (χ0) is 22.2. The maximum atomic E-state index is 12.7. The third kappa shape index (κ3) is 6.06. The molecule has 1 aliphatic heterocycles. The summed E-state index contributed by atoms with van der Waals surface area (Å²) in [5.41, 5.74) is 2.02. The Labute approximate surface area is 187 Å². The highest BCUT2D eigenvalue weighted by Gasteiger charge is 2.23. The van der Waals surface area contributed by atoms with Gasteiger partial charge in [-0.2, -0.15) is 0 Å². The van der Waals surface area contributed by atoms with Crippen LogP contribution in [0.5, 0.6) is 5.75 Å². The van der Waals surface area contributed by atoms with Crippen molar-refractivity contribution >= 4 is 28.2 Å². The summed E-state index contributed by atoms with van der Waals surface area (Å²) in [4.78, 5) is 30.0. The molecule has 1 fully saturated rings. The first-order valence-corrected chi connectivity index (χ1v) is 11.6. The molecular formula is C23H31N3O4S. The summed E-state index contributed by atoms with van der Waals surface area (Å²) in [6.45, 7) is 10.1. The van der Waals surface area contributed by atoms with Crippen LogP contribution < -0.4 is 10.1 Å². The minimum absolute atomic E-state index is 0.0911. The van der Waals surface area contributed by atoms with Crippen LogP contribution in [0.3, 0.4) is 0 Å². The minimum Gasteiger partial charge on any atom is -0.497 e. The lowest BCUT2D eigenvalue weighted by molar-refractivity contribution is -0.116. The zero-order valence-corrected chi connectivity index (χ0v) is 19.3. The summed E-state index contributed by atoms with van der Waals surface area (Å²) in [7, 11) is 1.61. The van der Waals surface area contributed by atoms with Crippen molar-refractivity contribution in [1.82, 2.24) is 9.80 Å². The molecule has 7 nitrogen and oxygen atoms in total. The SMILES string of the molecule is CCOC(=O)c1c(-c2ccc(OC)cc2)csc1NC(=O)CCN1CCN(CC)CC1. The molecule has 1 aromatic carbocycles. The molecule has 8 heteroatoms. The van der Waals surface area contributed by atoms with Crippen LogP contribution >= 0.6 is 11.3 Å². The van der Waals surface area contributed by atoms with E-state index in [1.54, 1.807) is 14.0 Å². The fraction of sp³-hybridized carbons (Fsp3) is 0.478. The average Bonchev–Trinajstić information content (AvgIpc) is 3.21. The van der Waals surface area contributed by atoms with Gasteiger partial charge in [0.2, 0.25) is 5.91 Å². The van der Waals surface area contributed by atoms with Crippen molar-refractivity contribution in [2.75, 3.05) is 58.3 Å². The Morgan fingerprint density at radius 1 is 1.06 bits per heavy atom. The molecular weight excluding hydrogens is 414 g/mol. The van der Waals surface area contributed by atoms with Gasteiger partial charge in [0.15, 0.2) is 0 Å². The molecule has 0 bridgehead atoms. The molecule has 0 aliphatic carbocycles. The van der Waals surface area contributed by atoms with Gasteiger partial charge in [0.25, 0.3) is 0 Å². The number of rotatable bonds is 9. The fourth-order valence-corrected chi connectivity index (χ4v) is 4.59. The van der Waals surface area contributed by atoms with Crippen LogP contribution in [0.1, 0.15) is 30.6 Å². The van der Waals surface area contributed by atoms with Gasteiger partial charge in [-0.1, -0.05) is 19.1 Å². The number of carbonyl (C=O) groups excluding carboxylic acids is 2. The molecule has 1 amide bonds. The van der Waals surface area contributed by atoms with Crippen LogP contribution in [0.4, 0.5) is 5.00 Å². The summed E-state index contributed by atoms with van der Waals surface area (Å²) in [5.74, 6) is 0.220. The summed E-state index contributed by atoms with van der Waals surface area (Å²) >= 11 is 1.34. The van der Waals surface area contributed by atoms with Crippen LogP contribution in [0.15, 0.2) is 29.6 Å². The first-order valence-electron chi connectivity index (χ1n) is 10.7. The number of carbonyl (C=O) groups is 2. The van der Waals surface area contributed by atoms with Crippen molar-refractivity contribution in [3.05, 3.63) is 35.2 Å². The second-order valence-corrected chi connectivity index (χ2v) is 8.26. The standard InChI is InChI=1S/C23H31N3O4S/c1-4-25-12-14-26(15-13-25)11-10-20(27)24-22-21(23(28)30-5-2)19(16-31-22)17-6-8-18(29-3)9-7-17/h6-9,16H,4-5,10-15H2,1-3H3,(H,24,27). The zero-order valence-electron chi connectivity index (χ0n) is 18.5. The molecule has 1 aliphatic rings. The quantitative estimate of drug-likeness (QED) is 0.595. The number of anilines is 1. The number of piperazine rings is 1. The summed E-state index contributed by atoms with van der Waals surface area (Å²) in [5, 5.41) is 5.35. The Morgan fingerprint density at radius 3 is 2.35 bits per heavy atom. The fourth-order valence-electron chi connectivity index (χ4n) is 3.62. The number of amides is 1. The molecule has 2 aromatic rings. The third-order valence-corrected chi connectivity index (χ3v) is 6.39. The van der Waals surface area contributed by atoms with Gasteiger partial charge >= 0.3 is 5.97 Å². The van der Waals surface area contributed by atoms with E-state index < -0.39 is 5.97 Å². The topological polar surface area (TPSA) is 71.1 Å². The van der Waals surface area contributed by atoms with E-state index in [4.69, 9.17) is 9.47 Å². The molecule has 0 atom stereocenters. The van der Waals surface area contributed by atoms with Crippen molar-refractivity contribution in [1.29, 1.82) is 0 Å². The Hall–Kier alpha value is -2.42. The van der Waals surface area contributed by atoms with Gasteiger partial charge in [-0.25, -0.2) is 4.79 Å². The predicted molar refractivity (Wildman–Crippen MR) is 124 cm³/mol. The van der Waals surface area contributed by atoms with Gasteiger partial charge in [0, 0.05) is 50.1 Å². The molecule has 0 unspecified atom stereocenters.